The number of aromatic nitrogens is 1. The van der Waals surface area contributed by atoms with Crippen LogP contribution in [0.5, 0.6) is 0 Å². The monoisotopic (exact) mass is 339 g/mol. The van der Waals surface area contributed by atoms with Crippen molar-refractivity contribution in [2.45, 2.75) is 19.4 Å². The Labute approximate surface area is 121 Å². The molecule has 0 aliphatic rings. The summed E-state index contributed by atoms with van der Waals surface area (Å²) in [7, 11) is 0. The minimum atomic E-state index is -0.731. The molecule has 2 aromatic rings. The second-order valence-corrected chi connectivity index (χ2v) is 6.62. The molecule has 2 rings (SSSR count). The van der Waals surface area contributed by atoms with E-state index in [2.05, 4.69) is 4.42 Å². The molecule has 1 atom stereocenters. The molecular formula is C14H13NO4Se. The van der Waals surface area contributed by atoms with Gasteiger partial charge in [0.25, 0.3) is 0 Å². The average molecular weight is 338 g/mol. The van der Waals surface area contributed by atoms with Crippen LogP contribution in [0.4, 0.5) is 0 Å². The van der Waals surface area contributed by atoms with Gasteiger partial charge in [-0.25, -0.2) is 0 Å². The minimum absolute atomic E-state index is 0.0919. The van der Waals surface area contributed by atoms with E-state index in [0.717, 1.165) is 4.46 Å². The zero-order chi connectivity index (χ0) is 14.5. The van der Waals surface area contributed by atoms with Gasteiger partial charge in [-0.1, -0.05) is 0 Å². The normalized spacial score (nSPS) is 12.1. The molecule has 1 aromatic carbocycles. The molecule has 0 fully saturated rings. The van der Waals surface area contributed by atoms with E-state index in [1.807, 2.05) is 30.3 Å². The van der Waals surface area contributed by atoms with E-state index in [-0.39, 0.29) is 32.1 Å². The summed E-state index contributed by atoms with van der Waals surface area (Å²) < 4.78 is 6.83. The van der Waals surface area contributed by atoms with Crippen molar-refractivity contribution in [2.24, 2.45) is 0 Å². The predicted octanol–water partition coefficient (Wildman–Crippen LogP) is 0.309. The Bertz CT molecular complexity index is 705. The molecule has 0 spiro atoms. The third-order valence-electron chi connectivity index (χ3n) is 2.68. The Hall–Kier alpha value is -1.91. The first-order valence-electron chi connectivity index (χ1n) is 6.04. The second kappa shape index (κ2) is 6.50. The molecule has 0 N–H and O–H groups in total. The molecular weight excluding hydrogens is 325 g/mol. The first kappa shape index (κ1) is 14.5. The van der Waals surface area contributed by atoms with Crippen molar-refractivity contribution in [3.05, 3.63) is 63.6 Å². The number of hydrogen-bond donors (Lipinski definition) is 0. The van der Waals surface area contributed by atoms with E-state index in [1.165, 1.54) is 16.8 Å². The second-order valence-electron chi connectivity index (χ2n) is 4.25. The summed E-state index contributed by atoms with van der Waals surface area (Å²) in [5.74, 6) is -0.731. The van der Waals surface area contributed by atoms with Gasteiger partial charge in [-0.15, -0.1) is 0 Å². The van der Waals surface area contributed by atoms with Crippen LogP contribution >= 0.6 is 0 Å². The number of carbonyl (C=O) groups is 1. The van der Waals surface area contributed by atoms with Crippen molar-refractivity contribution in [2.75, 3.05) is 0 Å². The van der Waals surface area contributed by atoms with Gasteiger partial charge < -0.3 is 0 Å². The third kappa shape index (κ3) is 3.79. The van der Waals surface area contributed by atoms with Crippen LogP contribution < -0.4 is 15.8 Å². The number of hydrogen-bond acceptors (Lipinski definition) is 4. The molecule has 6 heteroatoms. The molecule has 20 heavy (non-hydrogen) atoms. The molecule has 1 unspecified atom stereocenters. The van der Waals surface area contributed by atoms with Crippen molar-refractivity contribution < 1.29 is 9.21 Å². The Kier molecular flexibility index (Phi) is 4.71. The quantitative estimate of drug-likeness (QED) is 0.736. The van der Waals surface area contributed by atoms with Crippen molar-refractivity contribution >= 4 is 24.1 Å². The van der Waals surface area contributed by atoms with Crippen molar-refractivity contribution in [1.29, 1.82) is 0 Å². The van der Waals surface area contributed by atoms with Gasteiger partial charge in [0.05, 0.1) is 0 Å². The van der Waals surface area contributed by atoms with Gasteiger partial charge in [0, 0.05) is 0 Å². The molecule has 0 aliphatic carbocycles. The van der Waals surface area contributed by atoms with E-state index in [0.29, 0.717) is 0 Å². The van der Waals surface area contributed by atoms with Crippen molar-refractivity contribution in [3.8, 4) is 0 Å². The number of benzene rings is 1. The summed E-state index contributed by atoms with van der Waals surface area (Å²) in [6.45, 7) is 1.75. The molecule has 0 amide bonds. The zero-order valence-corrected chi connectivity index (χ0v) is 12.5. The van der Waals surface area contributed by atoms with Gasteiger partial charge in [0.15, 0.2) is 0 Å². The topological polar surface area (TPSA) is 69.3 Å². The number of rotatable bonds is 5. The van der Waals surface area contributed by atoms with Crippen LogP contribution in [0.1, 0.15) is 19.4 Å². The summed E-state index contributed by atoms with van der Waals surface area (Å²) in [4.78, 5) is 34.4. The van der Waals surface area contributed by atoms with Crippen LogP contribution in [0, 0.1) is 0 Å². The summed E-state index contributed by atoms with van der Waals surface area (Å²) >= 11 is -0.269. The summed E-state index contributed by atoms with van der Waals surface area (Å²) in [5, 5.41) is 0. The summed E-state index contributed by atoms with van der Waals surface area (Å²) in [5.41, 5.74) is -0.682. The Morgan fingerprint density at radius 2 is 1.95 bits per heavy atom. The fourth-order valence-electron chi connectivity index (χ4n) is 1.70. The molecule has 5 nitrogen and oxygen atoms in total. The first-order valence-corrected chi connectivity index (χ1v) is 7.75. The van der Waals surface area contributed by atoms with Crippen LogP contribution in [0.3, 0.4) is 0 Å². The van der Waals surface area contributed by atoms with Crippen LogP contribution in [0.2, 0.25) is 0 Å². The van der Waals surface area contributed by atoms with Gasteiger partial charge in [-0.3, -0.25) is 0 Å². The van der Waals surface area contributed by atoms with E-state index in [9.17, 15) is 14.4 Å². The van der Waals surface area contributed by atoms with Gasteiger partial charge in [0.1, 0.15) is 0 Å². The van der Waals surface area contributed by atoms with Gasteiger partial charge >= 0.3 is 121 Å². The number of nitrogens with zero attached hydrogens (tertiary/aromatic N) is 1. The predicted molar refractivity (Wildman–Crippen MR) is 75.4 cm³/mol. The molecule has 104 valence electrons. The number of carbonyl (C=O) groups excluding carboxylic acids is 1. The molecule has 1 aromatic heterocycles. The fourth-order valence-corrected chi connectivity index (χ4v) is 3.55. The van der Waals surface area contributed by atoms with Crippen molar-refractivity contribution in [1.82, 2.24) is 4.57 Å². The van der Waals surface area contributed by atoms with E-state index in [1.54, 1.807) is 6.92 Å². The van der Waals surface area contributed by atoms with Crippen LogP contribution in [-0.4, -0.2) is 24.2 Å². The Morgan fingerprint density at radius 3 is 2.60 bits per heavy atom. The van der Waals surface area contributed by atoms with Crippen LogP contribution in [0.25, 0.3) is 0 Å². The van der Waals surface area contributed by atoms with E-state index >= 15 is 0 Å². The van der Waals surface area contributed by atoms with Gasteiger partial charge in [-0.05, 0) is 0 Å². The molecule has 1 heterocycles. The molecule has 0 radical (unpaired) electrons. The zero-order valence-electron chi connectivity index (χ0n) is 10.8. The van der Waals surface area contributed by atoms with Crippen molar-refractivity contribution in [3.63, 3.8) is 0 Å². The van der Waals surface area contributed by atoms with Gasteiger partial charge in [0.2, 0.25) is 0 Å². The Morgan fingerprint density at radius 1 is 1.25 bits per heavy atom. The summed E-state index contributed by atoms with van der Waals surface area (Å²) in [6, 6.07) is 10.4. The van der Waals surface area contributed by atoms with E-state index in [4.69, 9.17) is 0 Å². The maximum absolute atomic E-state index is 12.0. The molecule has 0 saturated heterocycles. The van der Waals surface area contributed by atoms with E-state index < -0.39 is 11.4 Å². The maximum atomic E-state index is 12.0. The molecule has 0 aliphatic heterocycles. The summed E-state index contributed by atoms with van der Waals surface area (Å²) in [6.07, 6.45) is 1.60. The van der Waals surface area contributed by atoms with Crippen LogP contribution in [0.15, 0.2) is 56.6 Å². The average Bonchev–Trinajstić information content (AvgIpc) is 2.39. The fraction of sp³-hybridized carbons (Fsp3) is 0.214. The molecule has 0 saturated carbocycles. The van der Waals surface area contributed by atoms with Gasteiger partial charge in [-0.2, -0.15) is 0 Å². The third-order valence-corrected chi connectivity index (χ3v) is 4.57. The van der Waals surface area contributed by atoms with Crippen LogP contribution in [-0.2, 0) is 4.79 Å². The molecule has 0 bridgehead atoms. The standard InChI is InChI=1S/C14H13NO4Se/c1-10(15-8-7-12(16)19-14(15)18)9-13(17)20-11-5-3-2-4-6-11/h2-8,10H,9H2,1H3. The first-order chi connectivity index (χ1) is 9.56. The SMILES string of the molecule is CC(CC(=O)[Se]c1ccccc1)n1ccc(=O)oc1=O. The Balaban J connectivity index is 2.04.